The first-order valence-corrected chi connectivity index (χ1v) is 7.48. The van der Waals surface area contributed by atoms with Crippen LogP contribution in [0.4, 0.5) is 0 Å². The van der Waals surface area contributed by atoms with Crippen molar-refractivity contribution >= 4 is 27.9 Å². The van der Waals surface area contributed by atoms with Crippen LogP contribution in [-0.2, 0) is 6.54 Å². The SMILES string of the molecule is Cc1cc(Br)cc(C)c1CNSc1ccccc1. The Morgan fingerprint density at radius 2 is 1.67 bits per heavy atom. The lowest BCUT2D eigenvalue weighted by Gasteiger charge is -2.11. The van der Waals surface area contributed by atoms with Gasteiger partial charge in [0.2, 0.25) is 0 Å². The number of nitrogens with one attached hydrogen (secondary N) is 1. The van der Waals surface area contributed by atoms with Crippen LogP contribution in [0.1, 0.15) is 16.7 Å². The van der Waals surface area contributed by atoms with Crippen LogP contribution in [0, 0.1) is 13.8 Å². The van der Waals surface area contributed by atoms with Gasteiger partial charge in [0.05, 0.1) is 0 Å². The van der Waals surface area contributed by atoms with Crippen LogP contribution < -0.4 is 4.72 Å². The monoisotopic (exact) mass is 321 g/mol. The molecule has 2 aromatic rings. The average molecular weight is 322 g/mol. The summed E-state index contributed by atoms with van der Waals surface area (Å²) in [5, 5.41) is 0. The van der Waals surface area contributed by atoms with Crippen molar-refractivity contribution in [1.82, 2.24) is 4.72 Å². The van der Waals surface area contributed by atoms with Crippen molar-refractivity contribution in [3.05, 3.63) is 63.6 Å². The van der Waals surface area contributed by atoms with Gasteiger partial charge >= 0.3 is 0 Å². The molecule has 18 heavy (non-hydrogen) atoms. The molecule has 2 aromatic carbocycles. The maximum absolute atomic E-state index is 3.53. The number of aryl methyl sites for hydroxylation is 2. The molecule has 1 nitrogen and oxygen atoms in total. The second-order valence-corrected chi connectivity index (χ2v) is 6.13. The quantitative estimate of drug-likeness (QED) is 0.807. The molecule has 0 aliphatic carbocycles. The fourth-order valence-electron chi connectivity index (χ4n) is 1.90. The molecule has 0 atom stereocenters. The van der Waals surface area contributed by atoms with E-state index in [9.17, 15) is 0 Å². The number of rotatable bonds is 4. The summed E-state index contributed by atoms with van der Waals surface area (Å²) in [5.41, 5.74) is 4.02. The summed E-state index contributed by atoms with van der Waals surface area (Å²) in [7, 11) is 0. The van der Waals surface area contributed by atoms with Crippen LogP contribution in [0.25, 0.3) is 0 Å². The first-order valence-electron chi connectivity index (χ1n) is 5.87. The Labute approximate surface area is 121 Å². The van der Waals surface area contributed by atoms with Gasteiger partial charge in [0.25, 0.3) is 0 Å². The normalized spacial score (nSPS) is 10.6. The highest BCUT2D eigenvalue weighted by Crippen LogP contribution is 2.22. The van der Waals surface area contributed by atoms with Gasteiger partial charge in [0.1, 0.15) is 0 Å². The summed E-state index contributed by atoms with van der Waals surface area (Å²) in [6.45, 7) is 5.19. The smallest absolute Gasteiger partial charge is 0.0318 e. The van der Waals surface area contributed by atoms with Crippen molar-refractivity contribution in [3.8, 4) is 0 Å². The van der Waals surface area contributed by atoms with Crippen LogP contribution >= 0.6 is 27.9 Å². The van der Waals surface area contributed by atoms with Gasteiger partial charge in [-0.25, -0.2) is 0 Å². The molecule has 0 radical (unpaired) electrons. The summed E-state index contributed by atoms with van der Waals surface area (Å²) < 4.78 is 4.57. The van der Waals surface area contributed by atoms with Gasteiger partial charge in [-0.05, 0) is 66.8 Å². The van der Waals surface area contributed by atoms with Crippen molar-refractivity contribution in [2.45, 2.75) is 25.3 Å². The molecule has 0 fully saturated rings. The van der Waals surface area contributed by atoms with Gasteiger partial charge in [-0.3, -0.25) is 4.72 Å². The third kappa shape index (κ3) is 3.61. The Morgan fingerprint density at radius 3 is 2.28 bits per heavy atom. The van der Waals surface area contributed by atoms with Crippen LogP contribution in [0.15, 0.2) is 51.8 Å². The minimum Gasteiger partial charge on any atom is -0.255 e. The van der Waals surface area contributed by atoms with Gasteiger partial charge < -0.3 is 0 Å². The molecule has 94 valence electrons. The number of hydrogen-bond donors (Lipinski definition) is 1. The van der Waals surface area contributed by atoms with Gasteiger partial charge in [0, 0.05) is 15.9 Å². The molecule has 0 saturated heterocycles. The summed E-state index contributed by atoms with van der Waals surface area (Å²) in [5.74, 6) is 0. The molecule has 0 aliphatic rings. The van der Waals surface area contributed by atoms with E-state index in [0.717, 1.165) is 11.0 Å². The van der Waals surface area contributed by atoms with Crippen LogP contribution in [0.3, 0.4) is 0 Å². The lowest BCUT2D eigenvalue weighted by molar-refractivity contribution is 0.947. The Bertz CT molecular complexity index is 502. The standard InChI is InChI=1S/C15H16BrNS/c1-11-8-13(16)9-12(2)15(11)10-17-18-14-6-4-3-5-7-14/h3-9,17H,10H2,1-2H3. The molecule has 0 unspecified atom stereocenters. The van der Waals surface area contributed by atoms with Crippen molar-refractivity contribution in [2.24, 2.45) is 0 Å². The second kappa shape index (κ2) is 6.41. The first kappa shape index (κ1) is 13.7. The summed E-state index contributed by atoms with van der Waals surface area (Å²) in [4.78, 5) is 1.24. The van der Waals surface area contributed by atoms with Gasteiger partial charge in [-0.2, -0.15) is 0 Å². The second-order valence-electron chi connectivity index (χ2n) is 4.25. The Balaban J connectivity index is 1.99. The topological polar surface area (TPSA) is 12.0 Å². The van der Waals surface area contributed by atoms with E-state index in [2.05, 4.69) is 70.9 Å². The Kier molecular flexibility index (Phi) is 4.87. The summed E-state index contributed by atoms with van der Waals surface area (Å²) in [6, 6.07) is 14.7. The molecule has 0 amide bonds. The lowest BCUT2D eigenvalue weighted by Crippen LogP contribution is -2.06. The van der Waals surface area contributed by atoms with Crippen LogP contribution in [0.2, 0.25) is 0 Å². The zero-order valence-corrected chi connectivity index (χ0v) is 12.9. The predicted octanol–water partition coefficient (Wildman–Crippen LogP) is 4.86. The number of halogens is 1. The summed E-state index contributed by atoms with van der Waals surface area (Å²) >= 11 is 5.20. The van der Waals surface area contributed by atoms with Crippen molar-refractivity contribution < 1.29 is 0 Å². The third-order valence-corrected chi connectivity index (χ3v) is 4.10. The van der Waals surface area contributed by atoms with E-state index in [-0.39, 0.29) is 0 Å². The molecule has 3 heteroatoms. The maximum atomic E-state index is 3.53. The summed E-state index contributed by atoms with van der Waals surface area (Å²) in [6.07, 6.45) is 0. The fourth-order valence-corrected chi connectivity index (χ4v) is 3.26. The highest BCUT2D eigenvalue weighted by atomic mass is 79.9. The van der Waals surface area contributed by atoms with Gasteiger partial charge in [-0.15, -0.1) is 0 Å². The van der Waals surface area contributed by atoms with E-state index < -0.39 is 0 Å². The molecule has 0 heterocycles. The highest BCUT2D eigenvalue weighted by molar-refractivity contribution is 9.10. The maximum Gasteiger partial charge on any atom is 0.0318 e. The number of benzene rings is 2. The zero-order chi connectivity index (χ0) is 13.0. The molecular formula is C15H16BrNS. The van der Waals surface area contributed by atoms with Crippen LogP contribution in [-0.4, -0.2) is 0 Å². The average Bonchev–Trinajstić information content (AvgIpc) is 2.34. The van der Waals surface area contributed by atoms with E-state index in [1.807, 2.05) is 6.07 Å². The van der Waals surface area contributed by atoms with Crippen molar-refractivity contribution in [1.29, 1.82) is 0 Å². The molecule has 0 spiro atoms. The lowest BCUT2D eigenvalue weighted by atomic mass is 10.0. The first-order chi connectivity index (χ1) is 8.66. The highest BCUT2D eigenvalue weighted by Gasteiger charge is 2.04. The molecule has 1 N–H and O–H groups in total. The van der Waals surface area contributed by atoms with Crippen LogP contribution in [0.5, 0.6) is 0 Å². The van der Waals surface area contributed by atoms with E-state index in [0.29, 0.717) is 0 Å². The van der Waals surface area contributed by atoms with E-state index in [4.69, 9.17) is 0 Å². The minimum atomic E-state index is 0.879. The van der Waals surface area contributed by atoms with Crippen molar-refractivity contribution in [3.63, 3.8) is 0 Å². The largest absolute Gasteiger partial charge is 0.255 e. The molecule has 0 aromatic heterocycles. The minimum absolute atomic E-state index is 0.879. The Hall–Kier alpha value is -0.770. The molecular weight excluding hydrogens is 306 g/mol. The third-order valence-electron chi connectivity index (χ3n) is 2.84. The van der Waals surface area contributed by atoms with E-state index >= 15 is 0 Å². The van der Waals surface area contributed by atoms with Crippen molar-refractivity contribution in [2.75, 3.05) is 0 Å². The fraction of sp³-hybridized carbons (Fsp3) is 0.200. The van der Waals surface area contributed by atoms with E-state index in [1.54, 1.807) is 11.9 Å². The van der Waals surface area contributed by atoms with E-state index in [1.165, 1.54) is 21.6 Å². The predicted molar refractivity (Wildman–Crippen MR) is 82.8 cm³/mol. The zero-order valence-electron chi connectivity index (χ0n) is 10.5. The molecule has 2 rings (SSSR count). The molecule has 0 bridgehead atoms. The molecule has 0 aliphatic heterocycles. The molecule has 0 saturated carbocycles. The Morgan fingerprint density at radius 1 is 1.06 bits per heavy atom. The van der Waals surface area contributed by atoms with Gasteiger partial charge in [-0.1, -0.05) is 34.1 Å². The number of hydrogen-bond acceptors (Lipinski definition) is 2. The van der Waals surface area contributed by atoms with Gasteiger partial charge in [0.15, 0.2) is 0 Å².